The second-order valence-electron chi connectivity index (χ2n) is 6.24. The Labute approximate surface area is 182 Å². The maximum absolute atomic E-state index is 12.4. The molecule has 1 N–H and O–H groups in total. The molecule has 0 unspecified atom stereocenters. The van der Waals surface area contributed by atoms with E-state index in [9.17, 15) is 14.9 Å². The van der Waals surface area contributed by atoms with Gasteiger partial charge in [0.2, 0.25) is 5.75 Å². The highest BCUT2D eigenvalue weighted by molar-refractivity contribution is 6.33. The summed E-state index contributed by atoms with van der Waals surface area (Å²) >= 11 is 5.86. The number of nitrogens with zero attached hydrogens (tertiary/aromatic N) is 2. The summed E-state index contributed by atoms with van der Waals surface area (Å²) in [6, 6.07) is 9.07. The third kappa shape index (κ3) is 4.67. The number of aromatic amines is 1. The number of hydrogen-bond donors (Lipinski definition) is 1. The van der Waals surface area contributed by atoms with Gasteiger partial charge in [-0.25, -0.2) is 0 Å². The molecule has 0 atom stereocenters. The zero-order chi connectivity index (χ0) is 22.5. The molecule has 1 aromatic heterocycles. The van der Waals surface area contributed by atoms with Crippen LogP contribution >= 0.6 is 11.6 Å². The van der Waals surface area contributed by atoms with Crippen LogP contribution in [-0.2, 0) is 0 Å². The lowest BCUT2D eigenvalue weighted by Gasteiger charge is -2.13. The lowest BCUT2D eigenvalue weighted by molar-refractivity contribution is -0.384. The molecule has 3 rings (SSSR count). The number of aromatic nitrogens is 2. The molecule has 1 heterocycles. The van der Waals surface area contributed by atoms with E-state index in [0.29, 0.717) is 28.6 Å². The monoisotopic (exact) mass is 443 g/mol. The molecule has 0 aliphatic rings. The van der Waals surface area contributed by atoms with Gasteiger partial charge in [-0.3, -0.25) is 20.0 Å². The molecule has 0 saturated heterocycles. The van der Waals surface area contributed by atoms with Crippen molar-refractivity contribution in [1.29, 1.82) is 0 Å². The van der Waals surface area contributed by atoms with Crippen molar-refractivity contribution in [3.8, 4) is 28.5 Å². The van der Waals surface area contributed by atoms with Crippen LogP contribution in [0.25, 0.3) is 17.3 Å². The van der Waals surface area contributed by atoms with Crippen molar-refractivity contribution in [2.75, 3.05) is 21.3 Å². The molecule has 31 heavy (non-hydrogen) atoms. The summed E-state index contributed by atoms with van der Waals surface area (Å²) in [5.74, 6) is 1.09. The van der Waals surface area contributed by atoms with Crippen LogP contribution in [0.2, 0.25) is 5.02 Å². The highest BCUT2D eigenvalue weighted by atomic mass is 35.5. The minimum atomic E-state index is -0.609. The number of rotatable bonds is 8. The molecule has 0 aliphatic carbocycles. The molecule has 2 aromatic carbocycles. The second-order valence-corrected chi connectivity index (χ2v) is 6.65. The SMILES string of the molecule is COc1cc(-c2cc(C=CC(=O)c3ccc([N+](=O)[O-])c(Cl)c3)[nH]n2)cc(OC)c1OC. The quantitative estimate of drug-likeness (QED) is 0.235. The first kappa shape index (κ1) is 21.8. The number of allylic oxidation sites excluding steroid dienone is 1. The van der Waals surface area contributed by atoms with E-state index in [0.717, 1.165) is 5.56 Å². The van der Waals surface area contributed by atoms with Gasteiger partial charge in [-0.1, -0.05) is 11.6 Å². The fourth-order valence-electron chi connectivity index (χ4n) is 2.87. The number of methoxy groups -OCH3 is 3. The van der Waals surface area contributed by atoms with Gasteiger partial charge in [0.25, 0.3) is 5.69 Å². The zero-order valence-electron chi connectivity index (χ0n) is 16.8. The van der Waals surface area contributed by atoms with Gasteiger partial charge in [-0.05, 0) is 42.5 Å². The van der Waals surface area contributed by atoms with Gasteiger partial charge in [0.05, 0.1) is 37.6 Å². The van der Waals surface area contributed by atoms with Crippen molar-refractivity contribution in [1.82, 2.24) is 10.2 Å². The van der Waals surface area contributed by atoms with Gasteiger partial charge >= 0.3 is 0 Å². The molecule has 3 aromatic rings. The predicted molar refractivity (Wildman–Crippen MR) is 115 cm³/mol. The van der Waals surface area contributed by atoms with Crippen LogP contribution < -0.4 is 14.2 Å². The zero-order valence-corrected chi connectivity index (χ0v) is 17.6. The van der Waals surface area contributed by atoms with E-state index in [2.05, 4.69) is 10.2 Å². The number of carbonyl (C=O) groups is 1. The van der Waals surface area contributed by atoms with Crippen molar-refractivity contribution in [3.05, 3.63) is 68.9 Å². The van der Waals surface area contributed by atoms with E-state index in [4.69, 9.17) is 25.8 Å². The lowest BCUT2D eigenvalue weighted by Crippen LogP contribution is -1.96. The Morgan fingerprint density at radius 3 is 2.32 bits per heavy atom. The molecule has 9 nitrogen and oxygen atoms in total. The predicted octanol–water partition coefficient (Wildman–Crippen LogP) is 4.56. The van der Waals surface area contributed by atoms with Crippen LogP contribution in [-0.4, -0.2) is 42.2 Å². The van der Waals surface area contributed by atoms with Gasteiger partial charge in [0, 0.05) is 17.2 Å². The van der Waals surface area contributed by atoms with E-state index >= 15 is 0 Å². The maximum Gasteiger partial charge on any atom is 0.287 e. The normalized spacial score (nSPS) is 10.8. The molecule has 0 aliphatic heterocycles. The van der Waals surface area contributed by atoms with E-state index in [-0.39, 0.29) is 22.1 Å². The number of nitro groups is 1. The molecule has 0 spiro atoms. The number of carbonyl (C=O) groups excluding carboxylic acids is 1. The molecule has 0 saturated carbocycles. The van der Waals surface area contributed by atoms with Crippen molar-refractivity contribution >= 4 is 29.1 Å². The average Bonchev–Trinajstić information content (AvgIpc) is 3.25. The fourth-order valence-corrected chi connectivity index (χ4v) is 3.12. The molecule has 0 amide bonds. The number of ketones is 1. The molecule has 160 valence electrons. The number of ether oxygens (including phenoxy) is 3. The van der Waals surface area contributed by atoms with Crippen LogP contribution in [0.15, 0.2) is 42.5 Å². The number of halogens is 1. The van der Waals surface area contributed by atoms with Gasteiger partial charge in [-0.15, -0.1) is 0 Å². The summed E-state index contributed by atoms with van der Waals surface area (Å²) < 4.78 is 16.0. The van der Waals surface area contributed by atoms with Crippen LogP contribution in [0.4, 0.5) is 5.69 Å². The molecule has 10 heteroatoms. The van der Waals surface area contributed by atoms with Crippen molar-refractivity contribution < 1.29 is 23.9 Å². The van der Waals surface area contributed by atoms with E-state index < -0.39 is 4.92 Å². The fraction of sp³-hybridized carbons (Fsp3) is 0.143. The Morgan fingerprint density at radius 1 is 1.10 bits per heavy atom. The standard InChI is InChI=1S/C21H18ClN3O6/c1-29-19-9-13(10-20(30-2)21(19)31-3)16-11-14(23-24-16)5-7-18(26)12-4-6-17(25(27)28)15(22)8-12/h4-11H,1-3H3,(H,23,24). The Balaban J connectivity index is 1.83. The average molecular weight is 444 g/mol. The third-order valence-corrected chi connectivity index (χ3v) is 4.70. The van der Waals surface area contributed by atoms with Crippen molar-refractivity contribution in [3.63, 3.8) is 0 Å². The summed E-state index contributed by atoms with van der Waals surface area (Å²) in [4.78, 5) is 22.6. The summed E-state index contributed by atoms with van der Waals surface area (Å²) in [6.45, 7) is 0. The first-order chi connectivity index (χ1) is 14.9. The maximum atomic E-state index is 12.4. The minimum absolute atomic E-state index is 0.101. The largest absolute Gasteiger partial charge is 0.493 e. The molecule has 0 bridgehead atoms. The summed E-state index contributed by atoms with van der Waals surface area (Å²) in [5.41, 5.74) is 1.87. The highest BCUT2D eigenvalue weighted by Gasteiger charge is 2.16. The topological polar surface area (TPSA) is 117 Å². The first-order valence-electron chi connectivity index (χ1n) is 8.90. The van der Waals surface area contributed by atoms with E-state index in [1.807, 2.05) is 0 Å². The minimum Gasteiger partial charge on any atom is -0.493 e. The van der Waals surface area contributed by atoms with Gasteiger partial charge in [0.1, 0.15) is 5.02 Å². The second kappa shape index (κ2) is 9.31. The first-order valence-corrected chi connectivity index (χ1v) is 9.27. The molecular formula is C21H18ClN3O6. The number of benzene rings is 2. The smallest absolute Gasteiger partial charge is 0.287 e. The van der Waals surface area contributed by atoms with E-state index in [1.165, 1.54) is 45.6 Å². The number of nitrogens with one attached hydrogen (secondary N) is 1. The van der Waals surface area contributed by atoms with Crippen LogP contribution in [0, 0.1) is 10.1 Å². The van der Waals surface area contributed by atoms with Gasteiger partial charge in [-0.2, -0.15) is 5.10 Å². The Hall–Kier alpha value is -3.85. The van der Waals surface area contributed by atoms with Gasteiger partial charge in [0.15, 0.2) is 17.3 Å². The van der Waals surface area contributed by atoms with Crippen LogP contribution in [0.1, 0.15) is 16.1 Å². The molecule has 0 radical (unpaired) electrons. The van der Waals surface area contributed by atoms with Crippen molar-refractivity contribution in [2.45, 2.75) is 0 Å². The highest BCUT2D eigenvalue weighted by Crippen LogP contribution is 2.40. The Morgan fingerprint density at radius 2 is 1.77 bits per heavy atom. The lowest BCUT2D eigenvalue weighted by atomic mass is 10.1. The van der Waals surface area contributed by atoms with Crippen LogP contribution in [0.5, 0.6) is 17.2 Å². The molecule has 0 fully saturated rings. The summed E-state index contributed by atoms with van der Waals surface area (Å²) in [5, 5.41) is 17.8. The Kier molecular flexibility index (Phi) is 6.56. The number of H-pyrrole nitrogens is 1. The number of nitro benzene ring substituents is 1. The number of hydrogen-bond acceptors (Lipinski definition) is 7. The van der Waals surface area contributed by atoms with Crippen molar-refractivity contribution in [2.24, 2.45) is 0 Å². The Bertz CT molecular complexity index is 1150. The summed E-state index contributed by atoms with van der Waals surface area (Å²) in [7, 11) is 4.57. The molecular weight excluding hydrogens is 426 g/mol. The van der Waals surface area contributed by atoms with Gasteiger partial charge < -0.3 is 14.2 Å². The van der Waals surface area contributed by atoms with Crippen LogP contribution in [0.3, 0.4) is 0 Å². The summed E-state index contributed by atoms with van der Waals surface area (Å²) in [6.07, 6.45) is 2.87. The van der Waals surface area contributed by atoms with E-state index in [1.54, 1.807) is 24.3 Å². The third-order valence-electron chi connectivity index (χ3n) is 4.40.